The molecule has 4 aromatic rings. The van der Waals surface area contributed by atoms with Crippen LogP contribution in [0.4, 0.5) is 10.2 Å². The van der Waals surface area contributed by atoms with E-state index in [1.54, 1.807) is 77.5 Å². The quantitative estimate of drug-likeness (QED) is 0.396. The standard InChI is InChI=1S/C25H19ClFN3O2/c1-16-14-23(29-30(16)15-18-6-2-5-9-22(18)27)28-25(32)21-8-4-3-7-20(21)24(31)17-10-12-19(26)13-11-17/h2-14H,15H2,1H3,(H,28,29,32). The number of carbonyl (C=O) groups is 2. The Kier molecular flexibility index (Phi) is 6.14. The van der Waals surface area contributed by atoms with Crippen molar-refractivity contribution in [1.82, 2.24) is 9.78 Å². The van der Waals surface area contributed by atoms with Crippen LogP contribution in [-0.2, 0) is 6.54 Å². The Morgan fingerprint density at radius 3 is 2.34 bits per heavy atom. The van der Waals surface area contributed by atoms with E-state index in [1.165, 1.54) is 6.07 Å². The minimum atomic E-state index is -0.460. The van der Waals surface area contributed by atoms with Gasteiger partial charge in [-0.2, -0.15) is 5.10 Å². The maximum absolute atomic E-state index is 14.0. The Balaban J connectivity index is 1.56. The van der Waals surface area contributed by atoms with E-state index in [0.717, 1.165) is 5.69 Å². The lowest BCUT2D eigenvalue weighted by molar-refractivity contribution is 0.0996. The first kappa shape index (κ1) is 21.5. The second-order valence-electron chi connectivity index (χ2n) is 7.26. The number of hydrogen-bond acceptors (Lipinski definition) is 3. The Bertz CT molecular complexity index is 1300. The maximum Gasteiger partial charge on any atom is 0.257 e. The number of benzene rings is 3. The van der Waals surface area contributed by atoms with Crippen LogP contribution in [0.2, 0.25) is 5.02 Å². The van der Waals surface area contributed by atoms with Crippen LogP contribution in [0.3, 0.4) is 0 Å². The van der Waals surface area contributed by atoms with Crippen LogP contribution >= 0.6 is 11.6 Å². The molecule has 0 aliphatic carbocycles. The summed E-state index contributed by atoms with van der Waals surface area (Å²) in [5.41, 5.74) is 2.19. The van der Waals surface area contributed by atoms with Crippen molar-refractivity contribution in [3.05, 3.63) is 118 Å². The molecule has 1 aromatic heterocycles. The molecule has 5 nitrogen and oxygen atoms in total. The van der Waals surface area contributed by atoms with Crippen LogP contribution in [0.1, 0.15) is 37.5 Å². The van der Waals surface area contributed by atoms with E-state index in [1.807, 2.05) is 6.92 Å². The number of ketones is 1. The van der Waals surface area contributed by atoms with Gasteiger partial charge in [0.25, 0.3) is 5.91 Å². The molecule has 1 heterocycles. The van der Waals surface area contributed by atoms with Gasteiger partial charge in [0.2, 0.25) is 0 Å². The van der Waals surface area contributed by atoms with Crippen molar-refractivity contribution in [3.8, 4) is 0 Å². The van der Waals surface area contributed by atoms with Gasteiger partial charge in [-0.1, -0.05) is 48.0 Å². The summed E-state index contributed by atoms with van der Waals surface area (Å²) in [5.74, 6) is -0.743. The number of aromatic nitrogens is 2. The van der Waals surface area contributed by atoms with Gasteiger partial charge in [0.05, 0.1) is 12.1 Å². The number of anilines is 1. The molecule has 4 rings (SSSR count). The first-order valence-electron chi connectivity index (χ1n) is 9.91. The van der Waals surface area contributed by atoms with Crippen molar-refractivity contribution < 1.29 is 14.0 Å². The summed E-state index contributed by atoms with van der Waals surface area (Å²) in [4.78, 5) is 25.9. The first-order chi connectivity index (χ1) is 15.4. The molecule has 0 radical (unpaired) electrons. The molecular formula is C25H19ClFN3O2. The minimum Gasteiger partial charge on any atom is -0.305 e. The second kappa shape index (κ2) is 9.16. The van der Waals surface area contributed by atoms with E-state index in [4.69, 9.17) is 11.6 Å². The maximum atomic E-state index is 14.0. The Morgan fingerprint density at radius 2 is 1.62 bits per heavy atom. The monoisotopic (exact) mass is 447 g/mol. The van der Waals surface area contributed by atoms with Crippen molar-refractivity contribution in [2.24, 2.45) is 0 Å². The number of rotatable bonds is 6. The van der Waals surface area contributed by atoms with Gasteiger partial charge in [-0.25, -0.2) is 4.39 Å². The van der Waals surface area contributed by atoms with Crippen LogP contribution in [-0.4, -0.2) is 21.5 Å². The van der Waals surface area contributed by atoms with Crippen molar-refractivity contribution in [3.63, 3.8) is 0 Å². The molecule has 1 N–H and O–H groups in total. The zero-order valence-electron chi connectivity index (χ0n) is 17.2. The van der Waals surface area contributed by atoms with E-state index in [9.17, 15) is 14.0 Å². The highest BCUT2D eigenvalue weighted by Gasteiger charge is 2.19. The van der Waals surface area contributed by atoms with E-state index >= 15 is 0 Å². The minimum absolute atomic E-state index is 0.230. The molecule has 1 amide bonds. The summed E-state index contributed by atoms with van der Waals surface area (Å²) < 4.78 is 15.6. The van der Waals surface area contributed by atoms with Crippen molar-refractivity contribution >= 4 is 29.1 Å². The van der Waals surface area contributed by atoms with Gasteiger partial charge in [-0.15, -0.1) is 0 Å². The lowest BCUT2D eigenvalue weighted by Crippen LogP contribution is -2.17. The third-order valence-electron chi connectivity index (χ3n) is 5.02. The average Bonchev–Trinajstić information content (AvgIpc) is 3.13. The summed E-state index contributed by atoms with van der Waals surface area (Å²) in [7, 11) is 0. The molecule has 0 bridgehead atoms. The van der Waals surface area contributed by atoms with Crippen LogP contribution in [0.25, 0.3) is 0 Å². The summed E-state index contributed by atoms with van der Waals surface area (Å²) >= 11 is 5.90. The number of amides is 1. The SMILES string of the molecule is Cc1cc(NC(=O)c2ccccc2C(=O)c2ccc(Cl)cc2)nn1Cc1ccccc1F. The number of halogens is 2. The van der Waals surface area contributed by atoms with Gasteiger partial charge in [-0.05, 0) is 43.3 Å². The third-order valence-corrected chi connectivity index (χ3v) is 5.28. The predicted octanol–water partition coefficient (Wildman–Crippen LogP) is 5.52. The van der Waals surface area contributed by atoms with Gasteiger partial charge in [-0.3, -0.25) is 14.3 Å². The van der Waals surface area contributed by atoms with Crippen LogP contribution in [0.15, 0.2) is 78.9 Å². The highest BCUT2D eigenvalue weighted by atomic mass is 35.5. The highest BCUT2D eigenvalue weighted by Crippen LogP contribution is 2.19. The number of carbonyl (C=O) groups excluding carboxylic acids is 2. The number of aryl methyl sites for hydroxylation is 1. The smallest absolute Gasteiger partial charge is 0.257 e. The predicted molar refractivity (Wildman–Crippen MR) is 122 cm³/mol. The highest BCUT2D eigenvalue weighted by molar-refractivity contribution is 6.30. The fourth-order valence-corrected chi connectivity index (χ4v) is 3.46. The fraction of sp³-hybridized carbons (Fsp3) is 0.0800. The fourth-order valence-electron chi connectivity index (χ4n) is 3.34. The molecule has 160 valence electrons. The van der Waals surface area contributed by atoms with E-state index in [0.29, 0.717) is 22.0 Å². The van der Waals surface area contributed by atoms with Gasteiger partial charge in [0, 0.05) is 33.5 Å². The van der Waals surface area contributed by atoms with E-state index in [-0.39, 0.29) is 29.3 Å². The molecular weight excluding hydrogens is 429 g/mol. The molecule has 32 heavy (non-hydrogen) atoms. The Labute approximate surface area is 189 Å². The number of hydrogen-bond donors (Lipinski definition) is 1. The van der Waals surface area contributed by atoms with Crippen molar-refractivity contribution in [2.75, 3.05) is 5.32 Å². The second-order valence-corrected chi connectivity index (χ2v) is 7.69. The normalized spacial score (nSPS) is 10.7. The molecule has 7 heteroatoms. The van der Waals surface area contributed by atoms with Crippen molar-refractivity contribution in [2.45, 2.75) is 13.5 Å². The molecule has 3 aromatic carbocycles. The first-order valence-corrected chi connectivity index (χ1v) is 10.3. The van der Waals surface area contributed by atoms with Crippen LogP contribution in [0.5, 0.6) is 0 Å². The van der Waals surface area contributed by atoms with Gasteiger partial charge < -0.3 is 5.32 Å². The van der Waals surface area contributed by atoms with Gasteiger partial charge in [0.1, 0.15) is 5.82 Å². The van der Waals surface area contributed by atoms with E-state index in [2.05, 4.69) is 10.4 Å². The Morgan fingerprint density at radius 1 is 0.969 bits per heavy atom. The molecule has 0 spiro atoms. The zero-order chi connectivity index (χ0) is 22.7. The van der Waals surface area contributed by atoms with E-state index < -0.39 is 5.91 Å². The lowest BCUT2D eigenvalue weighted by Gasteiger charge is -2.09. The molecule has 0 aliphatic rings. The van der Waals surface area contributed by atoms with Crippen molar-refractivity contribution in [1.29, 1.82) is 0 Å². The van der Waals surface area contributed by atoms with Gasteiger partial charge in [0.15, 0.2) is 11.6 Å². The molecule has 0 atom stereocenters. The van der Waals surface area contributed by atoms with Crippen LogP contribution < -0.4 is 5.32 Å². The third kappa shape index (κ3) is 4.60. The summed E-state index contributed by atoms with van der Waals surface area (Å²) in [6.45, 7) is 2.06. The molecule has 0 unspecified atom stereocenters. The molecule has 0 aliphatic heterocycles. The average molecular weight is 448 g/mol. The summed E-state index contributed by atoms with van der Waals surface area (Å²) in [5, 5.41) is 7.63. The Hall–Kier alpha value is -3.77. The topological polar surface area (TPSA) is 64.0 Å². The summed E-state index contributed by atoms with van der Waals surface area (Å²) in [6.07, 6.45) is 0. The molecule has 0 saturated heterocycles. The lowest BCUT2D eigenvalue weighted by atomic mass is 9.98. The summed E-state index contributed by atoms with van der Waals surface area (Å²) in [6, 6.07) is 21.2. The molecule has 0 fully saturated rings. The number of nitrogens with zero attached hydrogens (tertiary/aromatic N) is 2. The largest absolute Gasteiger partial charge is 0.305 e. The van der Waals surface area contributed by atoms with Crippen LogP contribution in [0, 0.1) is 12.7 Å². The number of nitrogens with one attached hydrogen (secondary N) is 1. The zero-order valence-corrected chi connectivity index (χ0v) is 17.9. The molecule has 0 saturated carbocycles. The van der Waals surface area contributed by atoms with Gasteiger partial charge >= 0.3 is 0 Å².